The molecule has 0 bridgehead atoms. The normalized spacial score (nSPS) is 15.3. The summed E-state index contributed by atoms with van der Waals surface area (Å²) in [5, 5.41) is 0. The van der Waals surface area contributed by atoms with Crippen molar-refractivity contribution in [2.45, 2.75) is 32.2 Å². The molecule has 2 N–H and O–H groups in total. The van der Waals surface area contributed by atoms with Crippen LogP contribution in [0.5, 0.6) is 0 Å². The summed E-state index contributed by atoms with van der Waals surface area (Å²) in [6, 6.07) is 2.58. The van der Waals surface area contributed by atoms with Crippen LogP contribution in [-0.2, 0) is 0 Å². The highest BCUT2D eigenvalue weighted by Gasteiger charge is 2.30. The Bertz CT molecular complexity index is 322. The van der Waals surface area contributed by atoms with E-state index in [2.05, 4.69) is 14.9 Å². The van der Waals surface area contributed by atoms with Gasteiger partial charge >= 0.3 is 0 Å². The largest absolute Gasteiger partial charge is 0.338 e. The molecule has 1 saturated carbocycles. The lowest BCUT2D eigenvalue weighted by Crippen LogP contribution is -2.30. The molecule has 1 aliphatic rings. The third-order valence-corrected chi connectivity index (χ3v) is 2.63. The van der Waals surface area contributed by atoms with Gasteiger partial charge in [0.05, 0.1) is 0 Å². The maximum Gasteiger partial charge on any atom is 0.225 e. The van der Waals surface area contributed by atoms with Crippen molar-refractivity contribution < 1.29 is 0 Å². The highest BCUT2D eigenvalue weighted by molar-refractivity contribution is 5.34. The van der Waals surface area contributed by atoms with Gasteiger partial charge in [-0.1, -0.05) is 0 Å². The number of aromatic nitrogens is 2. The number of anilines is 1. The predicted octanol–water partition coefficient (Wildman–Crippen LogP) is 1.10. The zero-order valence-electron chi connectivity index (χ0n) is 9.19. The minimum Gasteiger partial charge on any atom is -0.338 e. The minimum atomic E-state index is 0.651. The zero-order chi connectivity index (χ0) is 10.7. The van der Waals surface area contributed by atoms with Gasteiger partial charge in [-0.05, 0) is 38.8 Å². The lowest BCUT2D eigenvalue weighted by atomic mass is 10.3. The van der Waals surface area contributed by atoms with E-state index in [0.29, 0.717) is 6.04 Å². The van der Waals surface area contributed by atoms with Crippen molar-refractivity contribution in [3.05, 3.63) is 18.0 Å². The summed E-state index contributed by atoms with van der Waals surface area (Å²) in [6.45, 7) is 3.71. The van der Waals surface area contributed by atoms with Crippen molar-refractivity contribution in [1.29, 1.82) is 0 Å². The van der Waals surface area contributed by atoms with E-state index in [1.54, 1.807) is 0 Å². The first kappa shape index (κ1) is 10.4. The Balaban J connectivity index is 2.09. The van der Waals surface area contributed by atoms with Gasteiger partial charge in [-0.2, -0.15) is 0 Å². The maximum atomic E-state index is 5.54. The molecule has 0 spiro atoms. The van der Waals surface area contributed by atoms with E-state index in [9.17, 15) is 0 Å². The summed E-state index contributed by atoms with van der Waals surface area (Å²) in [5.41, 5.74) is 6.56. The Labute approximate surface area is 90.5 Å². The van der Waals surface area contributed by atoms with Crippen LogP contribution in [-0.4, -0.2) is 29.1 Å². The van der Waals surface area contributed by atoms with Crippen LogP contribution in [0.4, 0.5) is 5.95 Å². The highest BCUT2D eigenvalue weighted by Crippen LogP contribution is 2.29. The minimum absolute atomic E-state index is 0.651. The van der Waals surface area contributed by atoms with Crippen molar-refractivity contribution in [2.24, 2.45) is 5.73 Å². The Hall–Kier alpha value is -1.16. The summed E-state index contributed by atoms with van der Waals surface area (Å²) in [6.07, 6.45) is 5.37. The number of nitrogens with zero attached hydrogens (tertiary/aromatic N) is 3. The first-order chi connectivity index (χ1) is 7.31. The van der Waals surface area contributed by atoms with E-state index < -0.39 is 0 Å². The molecule has 1 aliphatic carbocycles. The van der Waals surface area contributed by atoms with Gasteiger partial charge in [0.15, 0.2) is 0 Å². The summed E-state index contributed by atoms with van der Waals surface area (Å²) in [4.78, 5) is 11.1. The average molecular weight is 206 g/mol. The van der Waals surface area contributed by atoms with E-state index in [1.807, 2.05) is 19.2 Å². The number of rotatable bonds is 5. The third-order valence-electron chi connectivity index (χ3n) is 2.63. The quantitative estimate of drug-likeness (QED) is 0.784. The molecule has 0 amide bonds. The standard InChI is InChI=1S/C11H18N4/c1-9-5-7-13-11(14-9)15(8-2-6-12)10-3-4-10/h5,7,10H,2-4,6,8,12H2,1H3. The summed E-state index contributed by atoms with van der Waals surface area (Å²) in [5.74, 6) is 0.867. The number of nitrogens with two attached hydrogens (primary N) is 1. The summed E-state index contributed by atoms with van der Waals surface area (Å²) in [7, 11) is 0. The van der Waals surface area contributed by atoms with Gasteiger partial charge in [0.1, 0.15) is 0 Å². The molecule has 4 heteroatoms. The molecule has 2 rings (SSSR count). The van der Waals surface area contributed by atoms with Gasteiger partial charge < -0.3 is 10.6 Å². The molecular formula is C11H18N4. The molecule has 1 fully saturated rings. The highest BCUT2D eigenvalue weighted by atomic mass is 15.3. The van der Waals surface area contributed by atoms with Crippen LogP contribution in [0.15, 0.2) is 12.3 Å². The fourth-order valence-corrected chi connectivity index (χ4v) is 1.67. The second kappa shape index (κ2) is 4.57. The fraction of sp³-hybridized carbons (Fsp3) is 0.636. The summed E-state index contributed by atoms with van der Waals surface area (Å²) >= 11 is 0. The Morgan fingerprint density at radius 3 is 2.93 bits per heavy atom. The molecule has 82 valence electrons. The molecule has 0 aromatic carbocycles. The van der Waals surface area contributed by atoms with Crippen molar-refractivity contribution in [1.82, 2.24) is 9.97 Å². The molecule has 1 heterocycles. The van der Waals surface area contributed by atoms with Crippen LogP contribution in [0.1, 0.15) is 25.0 Å². The van der Waals surface area contributed by atoms with Crippen LogP contribution in [0.2, 0.25) is 0 Å². The van der Waals surface area contributed by atoms with Crippen LogP contribution in [0.3, 0.4) is 0 Å². The smallest absolute Gasteiger partial charge is 0.225 e. The lowest BCUT2D eigenvalue weighted by molar-refractivity contribution is 0.709. The van der Waals surface area contributed by atoms with Gasteiger partial charge in [-0.15, -0.1) is 0 Å². The molecule has 4 nitrogen and oxygen atoms in total. The van der Waals surface area contributed by atoms with E-state index >= 15 is 0 Å². The average Bonchev–Trinajstić information content (AvgIpc) is 3.03. The number of hydrogen-bond donors (Lipinski definition) is 1. The zero-order valence-corrected chi connectivity index (χ0v) is 9.19. The molecule has 15 heavy (non-hydrogen) atoms. The van der Waals surface area contributed by atoms with Crippen molar-refractivity contribution in [3.63, 3.8) is 0 Å². The van der Waals surface area contributed by atoms with Gasteiger partial charge in [-0.25, -0.2) is 9.97 Å². The Morgan fingerprint density at radius 2 is 2.33 bits per heavy atom. The Morgan fingerprint density at radius 1 is 1.53 bits per heavy atom. The fourth-order valence-electron chi connectivity index (χ4n) is 1.67. The first-order valence-corrected chi connectivity index (χ1v) is 5.57. The van der Waals surface area contributed by atoms with E-state index in [1.165, 1.54) is 12.8 Å². The van der Waals surface area contributed by atoms with Crippen molar-refractivity contribution in [2.75, 3.05) is 18.0 Å². The van der Waals surface area contributed by atoms with Crippen LogP contribution < -0.4 is 10.6 Å². The SMILES string of the molecule is Cc1ccnc(N(CCCN)C2CC2)n1. The molecule has 1 aromatic heterocycles. The molecule has 0 unspecified atom stereocenters. The molecule has 0 saturated heterocycles. The Kier molecular flexibility index (Phi) is 3.16. The molecule has 0 aliphatic heterocycles. The third kappa shape index (κ3) is 2.65. The predicted molar refractivity (Wildman–Crippen MR) is 60.8 cm³/mol. The maximum absolute atomic E-state index is 5.54. The van der Waals surface area contributed by atoms with Gasteiger partial charge in [-0.3, -0.25) is 0 Å². The van der Waals surface area contributed by atoms with Crippen LogP contribution in [0.25, 0.3) is 0 Å². The number of hydrogen-bond acceptors (Lipinski definition) is 4. The molecule has 0 radical (unpaired) electrons. The second-order valence-corrected chi connectivity index (χ2v) is 4.06. The summed E-state index contributed by atoms with van der Waals surface area (Å²) < 4.78 is 0. The molecular weight excluding hydrogens is 188 g/mol. The van der Waals surface area contributed by atoms with Crippen molar-refractivity contribution >= 4 is 5.95 Å². The monoisotopic (exact) mass is 206 g/mol. The van der Waals surface area contributed by atoms with Gasteiger partial charge in [0.25, 0.3) is 0 Å². The van der Waals surface area contributed by atoms with Crippen molar-refractivity contribution in [3.8, 4) is 0 Å². The van der Waals surface area contributed by atoms with Crippen LogP contribution in [0, 0.1) is 6.92 Å². The topological polar surface area (TPSA) is 55.0 Å². The lowest BCUT2D eigenvalue weighted by Gasteiger charge is -2.21. The second-order valence-electron chi connectivity index (χ2n) is 4.06. The van der Waals surface area contributed by atoms with E-state index in [4.69, 9.17) is 5.73 Å². The van der Waals surface area contributed by atoms with E-state index in [0.717, 1.165) is 31.2 Å². The number of aryl methyl sites for hydroxylation is 1. The van der Waals surface area contributed by atoms with E-state index in [-0.39, 0.29) is 0 Å². The molecule has 1 aromatic rings. The van der Waals surface area contributed by atoms with Gasteiger partial charge in [0.2, 0.25) is 5.95 Å². The van der Waals surface area contributed by atoms with Crippen LogP contribution >= 0.6 is 0 Å². The molecule has 0 atom stereocenters. The van der Waals surface area contributed by atoms with Gasteiger partial charge in [0, 0.05) is 24.5 Å². The first-order valence-electron chi connectivity index (χ1n) is 5.57.